The molecule has 0 bridgehead atoms. The van der Waals surface area contributed by atoms with Gasteiger partial charge in [-0.3, -0.25) is 0 Å². The average Bonchev–Trinajstić information content (AvgIpc) is 3.21. The summed E-state index contributed by atoms with van der Waals surface area (Å²) < 4.78 is 32.2. The first kappa shape index (κ1) is 13.1. The Labute approximate surface area is 116 Å². The SMILES string of the molecule is NC(c1cc(F)cc(F)c1)c1cccc(OC2CC2)c1. The zero-order valence-electron chi connectivity index (χ0n) is 10.9. The molecule has 0 radical (unpaired) electrons. The highest BCUT2D eigenvalue weighted by Crippen LogP contribution is 2.29. The molecule has 1 saturated carbocycles. The van der Waals surface area contributed by atoms with Crippen LogP contribution in [0.15, 0.2) is 42.5 Å². The molecule has 104 valence electrons. The summed E-state index contributed by atoms with van der Waals surface area (Å²) in [7, 11) is 0. The molecule has 2 N–H and O–H groups in total. The summed E-state index contributed by atoms with van der Waals surface area (Å²) in [5.41, 5.74) is 7.26. The molecule has 0 heterocycles. The Morgan fingerprint density at radius 3 is 2.35 bits per heavy atom. The van der Waals surface area contributed by atoms with Crippen LogP contribution in [0.2, 0.25) is 0 Å². The van der Waals surface area contributed by atoms with Crippen molar-refractivity contribution in [2.45, 2.75) is 25.0 Å². The van der Waals surface area contributed by atoms with Crippen molar-refractivity contribution in [3.05, 3.63) is 65.2 Å². The Hall–Kier alpha value is -1.94. The Morgan fingerprint density at radius 2 is 1.70 bits per heavy atom. The molecule has 0 aromatic heterocycles. The average molecular weight is 275 g/mol. The summed E-state index contributed by atoms with van der Waals surface area (Å²) in [6.07, 6.45) is 2.45. The summed E-state index contributed by atoms with van der Waals surface area (Å²) in [6, 6.07) is 10.1. The van der Waals surface area contributed by atoms with Gasteiger partial charge in [0.05, 0.1) is 12.1 Å². The molecular formula is C16H15F2NO. The molecule has 2 nitrogen and oxygen atoms in total. The number of hydrogen-bond donors (Lipinski definition) is 1. The molecule has 1 unspecified atom stereocenters. The van der Waals surface area contributed by atoms with Crippen LogP contribution in [-0.2, 0) is 0 Å². The minimum absolute atomic E-state index is 0.299. The van der Waals surface area contributed by atoms with Crippen molar-refractivity contribution in [1.82, 2.24) is 0 Å². The van der Waals surface area contributed by atoms with Gasteiger partial charge in [-0.05, 0) is 48.2 Å². The van der Waals surface area contributed by atoms with Gasteiger partial charge >= 0.3 is 0 Å². The highest BCUT2D eigenvalue weighted by molar-refractivity contribution is 5.37. The van der Waals surface area contributed by atoms with Crippen LogP contribution >= 0.6 is 0 Å². The van der Waals surface area contributed by atoms with Gasteiger partial charge in [0.1, 0.15) is 17.4 Å². The molecule has 1 fully saturated rings. The third-order valence-corrected chi connectivity index (χ3v) is 3.29. The van der Waals surface area contributed by atoms with Gasteiger partial charge in [0.15, 0.2) is 0 Å². The van der Waals surface area contributed by atoms with Crippen LogP contribution in [0.25, 0.3) is 0 Å². The summed E-state index contributed by atoms with van der Waals surface area (Å²) >= 11 is 0. The third-order valence-electron chi connectivity index (χ3n) is 3.29. The fourth-order valence-electron chi connectivity index (χ4n) is 2.11. The van der Waals surface area contributed by atoms with Crippen LogP contribution in [0.5, 0.6) is 5.75 Å². The number of nitrogens with two attached hydrogens (primary N) is 1. The zero-order valence-corrected chi connectivity index (χ0v) is 10.9. The second-order valence-corrected chi connectivity index (χ2v) is 5.07. The van der Waals surface area contributed by atoms with Gasteiger partial charge in [-0.25, -0.2) is 8.78 Å². The van der Waals surface area contributed by atoms with Crippen molar-refractivity contribution in [1.29, 1.82) is 0 Å². The molecule has 0 saturated heterocycles. The summed E-state index contributed by atoms with van der Waals surface area (Å²) in [5.74, 6) is -0.501. The van der Waals surface area contributed by atoms with Gasteiger partial charge in [0.2, 0.25) is 0 Å². The van der Waals surface area contributed by atoms with E-state index in [0.29, 0.717) is 11.7 Å². The van der Waals surface area contributed by atoms with Crippen molar-refractivity contribution in [3.8, 4) is 5.75 Å². The number of rotatable bonds is 4. The van der Waals surface area contributed by atoms with Crippen molar-refractivity contribution in [2.75, 3.05) is 0 Å². The lowest BCUT2D eigenvalue weighted by Gasteiger charge is -2.14. The Morgan fingerprint density at radius 1 is 1.00 bits per heavy atom. The Balaban J connectivity index is 1.86. The van der Waals surface area contributed by atoms with Gasteiger partial charge in [-0.2, -0.15) is 0 Å². The predicted molar refractivity (Wildman–Crippen MR) is 72.5 cm³/mol. The molecule has 1 atom stereocenters. The van der Waals surface area contributed by atoms with E-state index in [0.717, 1.165) is 30.2 Å². The monoisotopic (exact) mass is 275 g/mol. The van der Waals surface area contributed by atoms with E-state index < -0.39 is 17.7 Å². The first-order valence-electron chi connectivity index (χ1n) is 6.60. The van der Waals surface area contributed by atoms with Crippen molar-refractivity contribution in [3.63, 3.8) is 0 Å². The lowest BCUT2D eigenvalue weighted by atomic mass is 9.99. The quantitative estimate of drug-likeness (QED) is 0.926. The molecule has 0 aliphatic heterocycles. The first-order valence-corrected chi connectivity index (χ1v) is 6.60. The summed E-state index contributed by atoms with van der Waals surface area (Å²) in [5, 5.41) is 0. The molecule has 3 rings (SSSR count). The molecule has 1 aliphatic rings. The molecule has 0 amide bonds. The highest BCUT2D eigenvalue weighted by Gasteiger charge is 2.23. The van der Waals surface area contributed by atoms with Crippen LogP contribution in [0.1, 0.15) is 30.0 Å². The van der Waals surface area contributed by atoms with Gasteiger partial charge in [0, 0.05) is 6.07 Å². The largest absolute Gasteiger partial charge is 0.490 e. The lowest BCUT2D eigenvalue weighted by molar-refractivity contribution is 0.303. The number of ether oxygens (including phenoxy) is 1. The minimum atomic E-state index is -0.624. The fraction of sp³-hybridized carbons (Fsp3) is 0.250. The minimum Gasteiger partial charge on any atom is -0.490 e. The van der Waals surface area contributed by atoms with E-state index >= 15 is 0 Å². The zero-order chi connectivity index (χ0) is 14.1. The Kier molecular flexibility index (Phi) is 3.40. The predicted octanol–water partition coefficient (Wildman–Crippen LogP) is 3.55. The summed E-state index contributed by atoms with van der Waals surface area (Å²) in [4.78, 5) is 0. The van der Waals surface area contributed by atoms with E-state index in [2.05, 4.69) is 0 Å². The van der Waals surface area contributed by atoms with Gasteiger partial charge in [-0.1, -0.05) is 12.1 Å². The van der Waals surface area contributed by atoms with Crippen molar-refractivity contribution < 1.29 is 13.5 Å². The highest BCUT2D eigenvalue weighted by atomic mass is 19.1. The second kappa shape index (κ2) is 5.21. The molecule has 4 heteroatoms. The van der Waals surface area contributed by atoms with Gasteiger partial charge in [-0.15, -0.1) is 0 Å². The molecule has 2 aromatic carbocycles. The van der Waals surface area contributed by atoms with E-state index in [9.17, 15) is 8.78 Å². The maximum atomic E-state index is 13.2. The molecule has 0 spiro atoms. The maximum Gasteiger partial charge on any atom is 0.126 e. The van der Waals surface area contributed by atoms with Gasteiger partial charge < -0.3 is 10.5 Å². The molecule has 2 aromatic rings. The van der Waals surface area contributed by atoms with E-state index in [4.69, 9.17) is 10.5 Å². The van der Waals surface area contributed by atoms with Crippen LogP contribution in [-0.4, -0.2) is 6.10 Å². The normalized spacial score (nSPS) is 15.9. The third kappa shape index (κ3) is 2.96. The van der Waals surface area contributed by atoms with Crippen molar-refractivity contribution >= 4 is 0 Å². The van der Waals surface area contributed by atoms with Crippen molar-refractivity contribution in [2.24, 2.45) is 5.73 Å². The summed E-state index contributed by atoms with van der Waals surface area (Å²) in [6.45, 7) is 0. The molecule has 20 heavy (non-hydrogen) atoms. The second-order valence-electron chi connectivity index (χ2n) is 5.07. The number of halogens is 2. The molecular weight excluding hydrogens is 260 g/mol. The maximum absolute atomic E-state index is 13.2. The van der Waals surface area contributed by atoms with Gasteiger partial charge in [0.25, 0.3) is 0 Å². The van der Waals surface area contributed by atoms with E-state index in [1.165, 1.54) is 12.1 Å². The van der Waals surface area contributed by atoms with Crippen LogP contribution < -0.4 is 10.5 Å². The number of benzene rings is 2. The lowest BCUT2D eigenvalue weighted by Crippen LogP contribution is -2.12. The fourth-order valence-corrected chi connectivity index (χ4v) is 2.11. The standard InChI is InChI=1S/C16H15F2NO/c17-12-6-11(7-13(18)9-12)16(19)10-2-1-3-15(8-10)20-14-4-5-14/h1-3,6-9,14,16H,4-5,19H2. The smallest absolute Gasteiger partial charge is 0.126 e. The topological polar surface area (TPSA) is 35.2 Å². The van der Waals surface area contributed by atoms with E-state index in [1.54, 1.807) is 0 Å². The first-order chi connectivity index (χ1) is 9.61. The van der Waals surface area contributed by atoms with Crippen LogP contribution in [0.4, 0.5) is 8.78 Å². The molecule has 1 aliphatic carbocycles. The number of hydrogen-bond acceptors (Lipinski definition) is 2. The van der Waals surface area contributed by atoms with Crippen LogP contribution in [0, 0.1) is 11.6 Å². The van der Waals surface area contributed by atoms with E-state index in [-0.39, 0.29) is 0 Å². The van der Waals surface area contributed by atoms with Crippen LogP contribution in [0.3, 0.4) is 0 Å². The Bertz CT molecular complexity index is 605. The van der Waals surface area contributed by atoms with E-state index in [1.807, 2.05) is 24.3 Å².